The maximum atomic E-state index is 12.8. The van der Waals surface area contributed by atoms with Crippen molar-refractivity contribution in [1.82, 2.24) is 10.1 Å². The van der Waals surface area contributed by atoms with E-state index in [2.05, 4.69) is 29.2 Å². The van der Waals surface area contributed by atoms with Gasteiger partial charge >= 0.3 is 0 Å². The number of hydrogen-bond donors (Lipinski definition) is 0. The van der Waals surface area contributed by atoms with Crippen molar-refractivity contribution >= 4 is 11.6 Å². The number of aromatic nitrogens is 1. The zero-order chi connectivity index (χ0) is 16.5. The summed E-state index contributed by atoms with van der Waals surface area (Å²) in [4.78, 5) is 17.0. The topological polar surface area (TPSA) is 49.6 Å². The van der Waals surface area contributed by atoms with Crippen LogP contribution in [0.25, 0.3) is 0 Å². The van der Waals surface area contributed by atoms with E-state index < -0.39 is 0 Å². The number of hydrogen-bond acceptors (Lipinski definition) is 4. The molecule has 24 heavy (non-hydrogen) atoms. The summed E-state index contributed by atoms with van der Waals surface area (Å²) in [5.41, 5.74) is 1.64. The molecule has 5 nitrogen and oxygen atoms in total. The lowest BCUT2D eigenvalue weighted by Crippen LogP contribution is -2.42. The van der Waals surface area contributed by atoms with E-state index in [1.165, 1.54) is 5.69 Å². The van der Waals surface area contributed by atoms with Gasteiger partial charge in [-0.1, -0.05) is 23.4 Å². The molecular formula is C19H23N3O2. The number of carbonyl (C=O) groups is 1. The molecule has 0 bridgehead atoms. The highest BCUT2D eigenvalue weighted by Crippen LogP contribution is 2.40. The fourth-order valence-electron chi connectivity index (χ4n) is 3.49. The molecule has 5 heteroatoms. The first kappa shape index (κ1) is 15.2. The van der Waals surface area contributed by atoms with Gasteiger partial charge in [0.05, 0.1) is 0 Å². The largest absolute Gasteiger partial charge is 0.373 e. The molecule has 2 aliphatic rings. The van der Waals surface area contributed by atoms with E-state index in [0.29, 0.717) is 11.6 Å². The average Bonchev–Trinajstić information content (AvgIpc) is 3.17. The zero-order valence-corrected chi connectivity index (χ0v) is 14.0. The Labute approximate surface area is 142 Å². The van der Waals surface area contributed by atoms with Crippen LogP contribution in [0.5, 0.6) is 0 Å². The molecule has 2 aromatic rings. The van der Waals surface area contributed by atoms with Crippen LogP contribution in [0, 0.1) is 0 Å². The molecule has 2 heterocycles. The second-order valence-electron chi connectivity index (χ2n) is 6.90. The van der Waals surface area contributed by atoms with Crippen LogP contribution in [0.2, 0.25) is 0 Å². The third-order valence-electron chi connectivity index (χ3n) is 5.05. The average molecular weight is 325 g/mol. The van der Waals surface area contributed by atoms with Crippen LogP contribution in [-0.4, -0.2) is 42.1 Å². The van der Waals surface area contributed by atoms with Crippen LogP contribution in [0.1, 0.15) is 47.8 Å². The van der Waals surface area contributed by atoms with Crippen LogP contribution in [0.3, 0.4) is 0 Å². The van der Waals surface area contributed by atoms with Gasteiger partial charge in [0.15, 0.2) is 5.69 Å². The Bertz CT molecular complexity index is 708. The molecule has 0 radical (unpaired) electrons. The van der Waals surface area contributed by atoms with Crippen molar-refractivity contribution in [3.63, 3.8) is 0 Å². The summed E-state index contributed by atoms with van der Waals surface area (Å²) < 4.78 is 5.35. The third-order valence-corrected chi connectivity index (χ3v) is 5.05. The lowest BCUT2D eigenvalue weighted by Gasteiger charge is -2.29. The summed E-state index contributed by atoms with van der Waals surface area (Å²) in [6.07, 6.45) is 4.39. The van der Waals surface area contributed by atoms with Gasteiger partial charge in [-0.3, -0.25) is 4.79 Å². The molecule has 1 saturated heterocycles. The van der Waals surface area contributed by atoms with Crippen LogP contribution in [0.4, 0.5) is 5.69 Å². The standard InChI is InChI=1S/C19H23N3O2/c1-21(15-6-3-2-4-7-15)13-16-8-5-11-22(16)19(23)17-12-18(24-20-17)14-9-10-14/h2-4,6-7,12,14,16H,5,8-11,13H2,1H3/t16-/m1/s1. The summed E-state index contributed by atoms with van der Waals surface area (Å²) in [6.45, 7) is 1.64. The molecule has 126 valence electrons. The van der Waals surface area contributed by atoms with Gasteiger partial charge < -0.3 is 14.3 Å². The second-order valence-corrected chi connectivity index (χ2v) is 6.90. The minimum atomic E-state index is 0.00890. The second kappa shape index (κ2) is 6.30. The molecule has 0 N–H and O–H groups in total. The Kier molecular flexibility index (Phi) is 4.00. The number of anilines is 1. The maximum Gasteiger partial charge on any atom is 0.276 e. The van der Waals surface area contributed by atoms with Crippen molar-refractivity contribution < 1.29 is 9.32 Å². The molecule has 1 saturated carbocycles. The van der Waals surface area contributed by atoms with Crippen LogP contribution >= 0.6 is 0 Å². The van der Waals surface area contributed by atoms with Gasteiger partial charge in [-0.25, -0.2) is 0 Å². The third kappa shape index (κ3) is 3.03. The number of rotatable bonds is 5. The fraction of sp³-hybridized carbons (Fsp3) is 0.474. The monoisotopic (exact) mass is 325 g/mol. The van der Waals surface area contributed by atoms with Gasteiger partial charge in [0.2, 0.25) is 0 Å². The first-order valence-corrected chi connectivity index (χ1v) is 8.76. The Morgan fingerprint density at radius 3 is 2.83 bits per heavy atom. The minimum absolute atomic E-state index is 0.00890. The first-order chi connectivity index (χ1) is 11.7. The van der Waals surface area contributed by atoms with Crippen molar-refractivity contribution in [2.24, 2.45) is 0 Å². The minimum Gasteiger partial charge on any atom is -0.373 e. The molecule has 1 atom stereocenters. The van der Waals surface area contributed by atoms with E-state index in [0.717, 1.165) is 44.5 Å². The molecule has 1 aliphatic heterocycles. The maximum absolute atomic E-state index is 12.8. The van der Waals surface area contributed by atoms with E-state index in [9.17, 15) is 4.79 Å². The molecule has 1 aromatic heterocycles. The molecule has 2 fully saturated rings. The number of likely N-dealkylation sites (N-methyl/N-ethyl adjacent to an activating group) is 1. The van der Waals surface area contributed by atoms with Gasteiger partial charge in [-0.05, 0) is 37.8 Å². The Balaban J connectivity index is 1.44. The SMILES string of the molecule is CN(C[C@H]1CCCN1C(=O)c1cc(C2CC2)on1)c1ccccc1. The molecule has 0 unspecified atom stereocenters. The van der Waals surface area contributed by atoms with E-state index in [4.69, 9.17) is 4.52 Å². The lowest BCUT2D eigenvalue weighted by atomic mass is 10.2. The number of nitrogens with zero attached hydrogens (tertiary/aromatic N) is 3. The number of likely N-dealkylation sites (tertiary alicyclic amines) is 1. The summed E-state index contributed by atoms with van der Waals surface area (Å²) >= 11 is 0. The molecule has 0 spiro atoms. The predicted molar refractivity (Wildman–Crippen MR) is 92.2 cm³/mol. The number of para-hydroxylation sites is 1. The highest BCUT2D eigenvalue weighted by molar-refractivity contribution is 5.92. The molecule has 1 aromatic carbocycles. The van der Waals surface area contributed by atoms with Crippen molar-refractivity contribution in [1.29, 1.82) is 0 Å². The normalized spacial score (nSPS) is 20.4. The highest BCUT2D eigenvalue weighted by atomic mass is 16.5. The smallest absolute Gasteiger partial charge is 0.276 e. The van der Waals surface area contributed by atoms with E-state index in [-0.39, 0.29) is 11.9 Å². The Hall–Kier alpha value is -2.30. The summed E-state index contributed by atoms with van der Waals surface area (Å²) in [5, 5.41) is 4.01. The predicted octanol–water partition coefficient (Wildman–Crippen LogP) is 3.29. The van der Waals surface area contributed by atoms with Crippen molar-refractivity contribution in [3.05, 3.63) is 47.9 Å². The van der Waals surface area contributed by atoms with Crippen LogP contribution in [-0.2, 0) is 0 Å². The van der Waals surface area contributed by atoms with Crippen molar-refractivity contribution in [3.8, 4) is 0 Å². The summed E-state index contributed by atoms with van der Waals surface area (Å²) in [7, 11) is 2.08. The van der Waals surface area contributed by atoms with Crippen LogP contribution in [0.15, 0.2) is 40.9 Å². The quantitative estimate of drug-likeness (QED) is 0.846. The Morgan fingerprint density at radius 1 is 1.29 bits per heavy atom. The molecule has 1 aliphatic carbocycles. The zero-order valence-electron chi connectivity index (χ0n) is 14.0. The summed E-state index contributed by atoms with van der Waals surface area (Å²) in [6, 6.07) is 12.4. The fourth-order valence-corrected chi connectivity index (χ4v) is 3.49. The van der Waals surface area contributed by atoms with Gasteiger partial charge in [-0.15, -0.1) is 0 Å². The number of carbonyl (C=O) groups excluding carboxylic acids is 1. The van der Waals surface area contributed by atoms with Gasteiger partial charge in [0, 0.05) is 43.9 Å². The number of benzene rings is 1. The van der Waals surface area contributed by atoms with Crippen molar-refractivity contribution in [2.45, 2.75) is 37.6 Å². The molecule has 4 rings (SSSR count). The van der Waals surface area contributed by atoms with Gasteiger partial charge in [0.25, 0.3) is 5.91 Å². The molecular weight excluding hydrogens is 302 g/mol. The number of amides is 1. The van der Waals surface area contributed by atoms with E-state index >= 15 is 0 Å². The van der Waals surface area contributed by atoms with Gasteiger partial charge in [0.1, 0.15) is 5.76 Å². The molecule has 1 amide bonds. The first-order valence-electron chi connectivity index (χ1n) is 8.76. The van der Waals surface area contributed by atoms with E-state index in [1.807, 2.05) is 29.2 Å². The Morgan fingerprint density at radius 2 is 2.08 bits per heavy atom. The highest BCUT2D eigenvalue weighted by Gasteiger charge is 2.34. The van der Waals surface area contributed by atoms with E-state index in [1.54, 1.807) is 0 Å². The van der Waals surface area contributed by atoms with Gasteiger partial charge in [-0.2, -0.15) is 0 Å². The lowest BCUT2D eigenvalue weighted by molar-refractivity contribution is 0.0730. The van der Waals surface area contributed by atoms with Crippen molar-refractivity contribution in [2.75, 3.05) is 25.0 Å². The van der Waals surface area contributed by atoms with Crippen LogP contribution < -0.4 is 4.90 Å². The summed E-state index contributed by atoms with van der Waals surface area (Å²) in [5.74, 6) is 1.36.